The van der Waals surface area contributed by atoms with Gasteiger partial charge in [0.1, 0.15) is 23.8 Å². The highest BCUT2D eigenvalue weighted by atomic mass is 79.9. The maximum Gasteiger partial charge on any atom is 0.296 e. The van der Waals surface area contributed by atoms with Gasteiger partial charge < -0.3 is 9.15 Å². The predicted octanol–water partition coefficient (Wildman–Crippen LogP) is 5.27. The average molecular weight is 489 g/mol. The van der Waals surface area contributed by atoms with Gasteiger partial charge in [-0.15, -0.1) is 0 Å². The summed E-state index contributed by atoms with van der Waals surface area (Å²) < 4.78 is 12.3. The van der Waals surface area contributed by atoms with Crippen molar-refractivity contribution in [2.45, 2.75) is 6.04 Å². The maximum absolute atomic E-state index is 13.6. The first-order valence-corrected chi connectivity index (χ1v) is 10.7. The van der Waals surface area contributed by atoms with Crippen molar-refractivity contribution in [1.82, 2.24) is 4.98 Å². The Labute approximate surface area is 191 Å². The zero-order valence-corrected chi connectivity index (χ0v) is 18.4. The van der Waals surface area contributed by atoms with Crippen molar-refractivity contribution in [3.63, 3.8) is 0 Å². The minimum Gasteiger partial charge on any atom is -0.490 e. The fourth-order valence-electron chi connectivity index (χ4n) is 3.89. The summed E-state index contributed by atoms with van der Waals surface area (Å²) in [4.78, 5) is 32.9. The molecule has 1 aliphatic heterocycles. The normalized spacial score (nSPS) is 15.1. The number of nitrogens with zero attached hydrogens (tertiary/aromatic N) is 2. The molecule has 0 fully saturated rings. The Bertz CT molecular complexity index is 1400. The van der Waals surface area contributed by atoms with Crippen LogP contribution in [0.25, 0.3) is 11.0 Å². The number of rotatable bonds is 5. The third-order valence-corrected chi connectivity index (χ3v) is 5.79. The fraction of sp³-hybridized carbons (Fsp3) is 0.0800. The number of ether oxygens (including phenoxy) is 1. The standard InChI is InChI=1S/C25H17BrN2O4/c1-2-13-31-17-9-6-15(7-10-17)22-21-23(29)18-14-16(26)8-11-19(18)32-24(21)25(30)28(22)20-5-3-4-12-27-20/h2-12,14,22H,1,13H2. The van der Waals surface area contributed by atoms with Gasteiger partial charge >= 0.3 is 0 Å². The Kier molecular flexibility index (Phi) is 5.11. The van der Waals surface area contributed by atoms with Crippen molar-refractivity contribution in [1.29, 1.82) is 0 Å². The summed E-state index contributed by atoms with van der Waals surface area (Å²) in [5.74, 6) is 0.729. The number of benzene rings is 2. The minimum atomic E-state index is -0.680. The number of aromatic nitrogens is 1. The van der Waals surface area contributed by atoms with E-state index >= 15 is 0 Å². The first-order chi connectivity index (χ1) is 15.6. The van der Waals surface area contributed by atoms with Crippen LogP contribution in [0.15, 0.2) is 93.2 Å². The van der Waals surface area contributed by atoms with Crippen LogP contribution in [0.1, 0.15) is 27.7 Å². The Balaban J connectivity index is 1.73. The van der Waals surface area contributed by atoms with Crippen LogP contribution in [-0.4, -0.2) is 17.5 Å². The predicted molar refractivity (Wildman–Crippen MR) is 125 cm³/mol. The van der Waals surface area contributed by atoms with Gasteiger partial charge in [0.15, 0.2) is 5.43 Å². The van der Waals surface area contributed by atoms with Gasteiger partial charge in [-0.25, -0.2) is 4.98 Å². The largest absolute Gasteiger partial charge is 0.490 e. The summed E-state index contributed by atoms with van der Waals surface area (Å²) in [6, 6.07) is 17.1. The highest BCUT2D eigenvalue weighted by Gasteiger charge is 2.44. The molecule has 0 radical (unpaired) electrons. The highest BCUT2D eigenvalue weighted by molar-refractivity contribution is 9.10. The fourth-order valence-corrected chi connectivity index (χ4v) is 4.26. The van der Waals surface area contributed by atoms with Gasteiger partial charge in [0.25, 0.3) is 5.91 Å². The SMILES string of the molecule is C=CCOc1ccc(C2c3c(oc4ccc(Br)cc4c3=O)C(=O)N2c2ccccn2)cc1. The minimum absolute atomic E-state index is 0.0347. The molecule has 32 heavy (non-hydrogen) atoms. The van der Waals surface area contributed by atoms with Crippen molar-refractivity contribution in [2.75, 3.05) is 11.5 Å². The van der Waals surface area contributed by atoms with Crippen LogP contribution in [0.4, 0.5) is 5.82 Å². The van der Waals surface area contributed by atoms with Crippen LogP contribution in [0.5, 0.6) is 5.75 Å². The molecular formula is C25H17BrN2O4. The lowest BCUT2D eigenvalue weighted by molar-refractivity contribution is 0.0970. The van der Waals surface area contributed by atoms with E-state index in [4.69, 9.17) is 9.15 Å². The molecule has 3 heterocycles. The van der Waals surface area contributed by atoms with Gasteiger partial charge in [0, 0.05) is 10.7 Å². The second-order valence-electron chi connectivity index (χ2n) is 7.25. The molecule has 0 aliphatic carbocycles. The smallest absolute Gasteiger partial charge is 0.296 e. The quantitative estimate of drug-likeness (QED) is 0.358. The first kappa shape index (κ1) is 20.2. The Hall–Kier alpha value is -3.71. The van der Waals surface area contributed by atoms with Gasteiger partial charge in [0.05, 0.1) is 17.0 Å². The molecule has 0 N–H and O–H groups in total. The molecule has 0 bridgehead atoms. The molecule has 0 saturated heterocycles. The third kappa shape index (κ3) is 3.31. The summed E-state index contributed by atoms with van der Waals surface area (Å²) in [5, 5.41) is 0.407. The van der Waals surface area contributed by atoms with Crippen molar-refractivity contribution in [2.24, 2.45) is 0 Å². The number of amides is 1. The van der Waals surface area contributed by atoms with Crippen molar-refractivity contribution in [3.05, 3.63) is 111 Å². The van der Waals surface area contributed by atoms with E-state index in [0.29, 0.717) is 34.7 Å². The number of hydrogen-bond acceptors (Lipinski definition) is 5. The monoisotopic (exact) mass is 488 g/mol. The number of anilines is 1. The zero-order chi connectivity index (χ0) is 22.2. The van der Waals surface area contributed by atoms with E-state index in [1.807, 2.05) is 12.1 Å². The Morgan fingerprint density at radius 3 is 2.66 bits per heavy atom. The molecule has 5 rings (SSSR count). The summed E-state index contributed by atoms with van der Waals surface area (Å²) in [5.41, 5.74) is 1.16. The summed E-state index contributed by atoms with van der Waals surface area (Å²) in [6.07, 6.45) is 3.27. The van der Waals surface area contributed by atoms with Gasteiger partial charge in [-0.05, 0) is 48.0 Å². The van der Waals surface area contributed by atoms with Gasteiger partial charge in [-0.2, -0.15) is 0 Å². The third-order valence-electron chi connectivity index (χ3n) is 5.29. The van der Waals surface area contributed by atoms with Crippen LogP contribution in [0.3, 0.4) is 0 Å². The molecule has 1 aliphatic rings. The van der Waals surface area contributed by atoms with Gasteiger partial charge in [-0.3, -0.25) is 14.5 Å². The molecule has 158 valence electrons. The van der Waals surface area contributed by atoms with E-state index < -0.39 is 11.9 Å². The highest BCUT2D eigenvalue weighted by Crippen LogP contribution is 2.41. The average Bonchev–Trinajstić information content (AvgIpc) is 3.11. The molecule has 6 nitrogen and oxygen atoms in total. The van der Waals surface area contributed by atoms with Gasteiger partial charge in [0.2, 0.25) is 5.76 Å². The first-order valence-electron chi connectivity index (χ1n) is 9.93. The molecule has 0 spiro atoms. The summed E-state index contributed by atoms with van der Waals surface area (Å²) in [6.45, 7) is 4.03. The molecule has 0 saturated carbocycles. The molecule has 2 aromatic carbocycles. The van der Waals surface area contributed by atoms with E-state index in [1.54, 1.807) is 60.8 Å². The zero-order valence-electron chi connectivity index (χ0n) is 16.8. The van der Waals surface area contributed by atoms with Crippen LogP contribution < -0.4 is 15.1 Å². The van der Waals surface area contributed by atoms with Crippen molar-refractivity contribution < 1.29 is 13.9 Å². The second kappa shape index (κ2) is 8.09. The van der Waals surface area contributed by atoms with E-state index in [0.717, 1.165) is 10.0 Å². The molecule has 1 atom stereocenters. The van der Waals surface area contributed by atoms with Crippen LogP contribution in [-0.2, 0) is 0 Å². The van der Waals surface area contributed by atoms with Crippen LogP contribution in [0.2, 0.25) is 0 Å². The topological polar surface area (TPSA) is 72.6 Å². The maximum atomic E-state index is 13.6. The summed E-state index contributed by atoms with van der Waals surface area (Å²) >= 11 is 3.41. The lowest BCUT2D eigenvalue weighted by Crippen LogP contribution is -2.30. The van der Waals surface area contributed by atoms with E-state index in [2.05, 4.69) is 27.5 Å². The number of pyridine rings is 1. The second-order valence-corrected chi connectivity index (χ2v) is 8.16. The van der Waals surface area contributed by atoms with E-state index in [9.17, 15) is 9.59 Å². The molecule has 1 amide bonds. The van der Waals surface area contributed by atoms with Crippen molar-refractivity contribution >= 4 is 38.6 Å². The van der Waals surface area contributed by atoms with E-state index in [-0.39, 0.29) is 11.2 Å². The Morgan fingerprint density at radius 2 is 1.94 bits per heavy atom. The lowest BCUT2D eigenvalue weighted by Gasteiger charge is -2.24. The van der Waals surface area contributed by atoms with Crippen molar-refractivity contribution in [3.8, 4) is 5.75 Å². The molecule has 4 aromatic rings. The molecule has 1 unspecified atom stereocenters. The number of hydrogen-bond donors (Lipinski definition) is 0. The Morgan fingerprint density at radius 1 is 1.12 bits per heavy atom. The van der Waals surface area contributed by atoms with Crippen LogP contribution in [0, 0.1) is 0 Å². The summed E-state index contributed by atoms with van der Waals surface area (Å²) in [7, 11) is 0. The number of carbonyl (C=O) groups is 1. The molecule has 7 heteroatoms. The van der Waals surface area contributed by atoms with Gasteiger partial charge in [-0.1, -0.05) is 46.8 Å². The number of halogens is 1. The number of fused-ring (bicyclic) bond motifs is 2. The lowest BCUT2D eigenvalue weighted by atomic mass is 9.98. The van der Waals surface area contributed by atoms with E-state index in [1.165, 1.54) is 4.90 Å². The molecule has 2 aromatic heterocycles. The molecular weight excluding hydrogens is 472 g/mol. The number of carbonyl (C=O) groups excluding carboxylic acids is 1. The van der Waals surface area contributed by atoms with Crippen LogP contribution >= 0.6 is 15.9 Å².